The molecular weight excluding hydrogens is 254 g/mol. The fourth-order valence-corrected chi connectivity index (χ4v) is 2.93. The lowest BCUT2D eigenvalue weighted by molar-refractivity contribution is 0.883. The van der Waals surface area contributed by atoms with Crippen molar-refractivity contribution in [1.29, 1.82) is 0 Å². The number of nitrogens with one attached hydrogen (secondary N) is 1. The Morgan fingerprint density at radius 1 is 1.32 bits per heavy atom. The maximum Gasteiger partial charge on any atom is 0.184 e. The van der Waals surface area contributed by atoms with E-state index in [0.29, 0.717) is 0 Å². The third-order valence-electron chi connectivity index (χ3n) is 2.97. The van der Waals surface area contributed by atoms with Crippen LogP contribution >= 0.6 is 11.3 Å². The molecule has 3 nitrogen and oxygen atoms in total. The number of aromatic nitrogens is 1. The van der Waals surface area contributed by atoms with E-state index in [1.165, 1.54) is 5.56 Å². The van der Waals surface area contributed by atoms with Gasteiger partial charge in [-0.25, -0.2) is 4.98 Å². The molecular formula is C15H14N3S. The van der Waals surface area contributed by atoms with Crippen molar-refractivity contribution in [2.45, 2.75) is 13.0 Å². The Bertz CT molecular complexity index is 691. The van der Waals surface area contributed by atoms with Gasteiger partial charge < -0.3 is 11.1 Å². The molecule has 4 heteroatoms. The van der Waals surface area contributed by atoms with Crippen LogP contribution in [0.5, 0.6) is 0 Å². The number of anilines is 2. The van der Waals surface area contributed by atoms with Crippen LogP contribution in [0.15, 0.2) is 42.5 Å². The number of hydrogen-bond donors (Lipinski definition) is 2. The molecule has 1 unspecified atom stereocenters. The normalized spacial score (nSPS) is 12.5. The first-order chi connectivity index (χ1) is 9.22. The van der Waals surface area contributed by atoms with E-state index in [1.807, 2.05) is 24.3 Å². The van der Waals surface area contributed by atoms with E-state index in [2.05, 4.69) is 35.4 Å². The van der Waals surface area contributed by atoms with E-state index >= 15 is 0 Å². The summed E-state index contributed by atoms with van der Waals surface area (Å²) in [6, 6.07) is 17.3. The van der Waals surface area contributed by atoms with Crippen molar-refractivity contribution >= 4 is 32.4 Å². The maximum absolute atomic E-state index is 5.75. The standard InChI is InChI=1S/C15H14N3S/c1-10(11-5-3-2-4-6-11)17-15-18-13-8-7-12(16)9-14(13)19-15/h2-7,9-10H,16H2,1H3,(H,17,18). The number of thiazole rings is 1. The molecule has 1 aromatic heterocycles. The minimum atomic E-state index is 0.221. The highest BCUT2D eigenvalue weighted by Crippen LogP contribution is 2.29. The largest absolute Gasteiger partial charge is 0.399 e. The number of fused-ring (bicyclic) bond motifs is 1. The van der Waals surface area contributed by atoms with Crippen LogP contribution in [-0.2, 0) is 0 Å². The Morgan fingerprint density at radius 2 is 2.11 bits per heavy atom. The maximum atomic E-state index is 5.75. The van der Waals surface area contributed by atoms with Crippen molar-refractivity contribution in [2.24, 2.45) is 0 Å². The molecule has 1 heterocycles. The van der Waals surface area contributed by atoms with Crippen molar-refractivity contribution in [3.05, 3.63) is 54.1 Å². The molecule has 3 aromatic rings. The number of nitrogens with zero attached hydrogens (tertiary/aromatic N) is 1. The first-order valence-corrected chi connectivity index (χ1v) is 6.93. The first kappa shape index (κ1) is 12.0. The van der Waals surface area contributed by atoms with Gasteiger partial charge in [-0.3, -0.25) is 0 Å². The monoisotopic (exact) mass is 268 g/mol. The number of hydrogen-bond acceptors (Lipinski definition) is 4. The molecule has 19 heavy (non-hydrogen) atoms. The van der Waals surface area contributed by atoms with Crippen LogP contribution in [0.25, 0.3) is 10.2 Å². The Morgan fingerprint density at radius 3 is 2.89 bits per heavy atom. The molecule has 0 saturated heterocycles. The van der Waals surface area contributed by atoms with Gasteiger partial charge in [0.05, 0.1) is 16.3 Å². The van der Waals surface area contributed by atoms with E-state index in [1.54, 1.807) is 17.4 Å². The second-order valence-electron chi connectivity index (χ2n) is 4.44. The summed E-state index contributed by atoms with van der Waals surface area (Å²) in [7, 11) is 0. The lowest BCUT2D eigenvalue weighted by atomic mass is 10.1. The smallest absolute Gasteiger partial charge is 0.184 e. The molecule has 0 bridgehead atoms. The summed E-state index contributed by atoms with van der Waals surface area (Å²) in [6.45, 7) is 2.12. The zero-order valence-corrected chi connectivity index (χ0v) is 11.4. The van der Waals surface area contributed by atoms with Crippen LogP contribution in [0.4, 0.5) is 10.8 Å². The minimum Gasteiger partial charge on any atom is -0.399 e. The van der Waals surface area contributed by atoms with Crippen LogP contribution in [-0.4, -0.2) is 4.98 Å². The molecule has 3 rings (SSSR count). The highest BCUT2D eigenvalue weighted by Gasteiger charge is 2.09. The summed E-state index contributed by atoms with van der Waals surface area (Å²) >= 11 is 1.60. The Hall–Kier alpha value is -2.07. The van der Waals surface area contributed by atoms with Gasteiger partial charge in [0.1, 0.15) is 0 Å². The predicted octanol–water partition coefficient (Wildman–Crippen LogP) is 3.85. The Labute approximate surface area is 116 Å². The van der Waals surface area contributed by atoms with Gasteiger partial charge in [0.25, 0.3) is 0 Å². The highest BCUT2D eigenvalue weighted by atomic mass is 32.1. The van der Waals surface area contributed by atoms with Gasteiger partial charge in [0.2, 0.25) is 0 Å². The topological polar surface area (TPSA) is 50.9 Å². The van der Waals surface area contributed by atoms with Crippen LogP contribution in [0.1, 0.15) is 18.5 Å². The van der Waals surface area contributed by atoms with Gasteiger partial charge in [-0.15, -0.1) is 0 Å². The molecule has 1 radical (unpaired) electrons. The predicted molar refractivity (Wildman–Crippen MR) is 81.3 cm³/mol. The van der Waals surface area contributed by atoms with Crippen LogP contribution < -0.4 is 11.1 Å². The summed E-state index contributed by atoms with van der Waals surface area (Å²) in [5.41, 5.74) is 8.58. The third-order valence-corrected chi connectivity index (χ3v) is 3.90. The molecule has 3 N–H and O–H groups in total. The molecule has 95 valence electrons. The summed E-state index contributed by atoms with van der Waals surface area (Å²) in [5, 5.41) is 4.31. The molecule has 1 atom stereocenters. The second-order valence-corrected chi connectivity index (χ2v) is 5.47. The average Bonchev–Trinajstić information content (AvgIpc) is 2.81. The van der Waals surface area contributed by atoms with Gasteiger partial charge in [-0.2, -0.15) is 0 Å². The Kier molecular flexibility index (Phi) is 3.09. The fraction of sp³-hybridized carbons (Fsp3) is 0.133. The lowest BCUT2D eigenvalue weighted by Crippen LogP contribution is -2.05. The molecule has 0 aliphatic rings. The molecule has 0 spiro atoms. The van der Waals surface area contributed by atoms with Crippen molar-refractivity contribution in [3.8, 4) is 0 Å². The van der Waals surface area contributed by atoms with E-state index < -0.39 is 0 Å². The number of nitrogen functional groups attached to an aromatic ring is 1. The van der Waals surface area contributed by atoms with Crippen molar-refractivity contribution in [2.75, 3.05) is 11.1 Å². The Balaban J connectivity index is 1.85. The minimum absolute atomic E-state index is 0.221. The third kappa shape index (κ3) is 2.53. The zero-order chi connectivity index (χ0) is 13.2. The van der Waals surface area contributed by atoms with Crippen LogP contribution in [0.3, 0.4) is 0 Å². The second kappa shape index (κ2) is 4.90. The molecule has 0 amide bonds. The van der Waals surface area contributed by atoms with Crippen molar-refractivity contribution in [1.82, 2.24) is 4.98 Å². The van der Waals surface area contributed by atoms with E-state index in [0.717, 1.165) is 21.0 Å². The van der Waals surface area contributed by atoms with E-state index in [-0.39, 0.29) is 6.04 Å². The van der Waals surface area contributed by atoms with Gasteiger partial charge in [-0.05, 0) is 24.6 Å². The number of rotatable bonds is 3. The summed E-state index contributed by atoms with van der Waals surface area (Å²) < 4.78 is 1.06. The zero-order valence-electron chi connectivity index (χ0n) is 10.6. The van der Waals surface area contributed by atoms with Crippen molar-refractivity contribution in [3.63, 3.8) is 0 Å². The van der Waals surface area contributed by atoms with Gasteiger partial charge >= 0.3 is 0 Å². The van der Waals surface area contributed by atoms with Gasteiger partial charge in [0.15, 0.2) is 5.13 Å². The molecule has 2 aromatic carbocycles. The molecule has 0 aliphatic carbocycles. The van der Waals surface area contributed by atoms with Crippen LogP contribution in [0.2, 0.25) is 0 Å². The quantitative estimate of drug-likeness (QED) is 0.709. The van der Waals surface area contributed by atoms with E-state index in [4.69, 9.17) is 5.73 Å². The molecule has 0 fully saturated rings. The van der Waals surface area contributed by atoms with Crippen LogP contribution in [0, 0.1) is 6.07 Å². The highest BCUT2D eigenvalue weighted by molar-refractivity contribution is 7.22. The summed E-state index contributed by atoms with van der Waals surface area (Å²) in [5.74, 6) is 0. The summed E-state index contributed by atoms with van der Waals surface area (Å²) in [6.07, 6.45) is 0. The van der Waals surface area contributed by atoms with Gasteiger partial charge in [-0.1, -0.05) is 41.7 Å². The fourth-order valence-electron chi connectivity index (χ4n) is 1.95. The first-order valence-electron chi connectivity index (χ1n) is 6.11. The van der Waals surface area contributed by atoms with E-state index in [9.17, 15) is 0 Å². The average molecular weight is 268 g/mol. The SMILES string of the molecule is CC(Nc1nc2[c]cc(N)cc2s1)c1ccccc1. The number of benzene rings is 2. The summed E-state index contributed by atoms with van der Waals surface area (Å²) in [4.78, 5) is 4.52. The lowest BCUT2D eigenvalue weighted by Gasteiger charge is -2.12. The molecule has 0 saturated carbocycles. The number of nitrogens with two attached hydrogens (primary N) is 1. The molecule has 0 aliphatic heterocycles. The van der Waals surface area contributed by atoms with Crippen molar-refractivity contribution < 1.29 is 0 Å². The van der Waals surface area contributed by atoms with Gasteiger partial charge in [0, 0.05) is 11.8 Å².